The maximum absolute atomic E-state index is 2.26. The van der Waals surface area contributed by atoms with Gasteiger partial charge in [0.05, 0.1) is 0 Å². The summed E-state index contributed by atoms with van der Waals surface area (Å²) in [5.74, 6) is 0. The van der Waals surface area contributed by atoms with Crippen LogP contribution in [0.25, 0.3) is 16.8 Å². The summed E-state index contributed by atoms with van der Waals surface area (Å²) in [4.78, 5) is 0. The first-order chi connectivity index (χ1) is 7.84. The Labute approximate surface area is 98.2 Å². The summed E-state index contributed by atoms with van der Waals surface area (Å²) < 4.78 is 0. The molecule has 0 saturated heterocycles. The molecule has 0 aliphatic carbocycles. The van der Waals surface area contributed by atoms with Crippen LogP contribution in [0.15, 0.2) is 41.9 Å². The summed E-state index contributed by atoms with van der Waals surface area (Å²) in [6, 6.07) is 12.9. The summed E-state index contributed by atoms with van der Waals surface area (Å²) in [5, 5.41) is 2.68. The number of hydrogen-bond donors (Lipinski definition) is 0. The van der Waals surface area contributed by atoms with E-state index in [1.807, 2.05) is 13.8 Å². The van der Waals surface area contributed by atoms with E-state index in [9.17, 15) is 0 Å². The predicted molar refractivity (Wildman–Crippen MR) is 74.3 cm³/mol. The van der Waals surface area contributed by atoms with Crippen LogP contribution in [0.4, 0.5) is 0 Å². The molecule has 0 N–H and O–H groups in total. The van der Waals surface area contributed by atoms with Crippen molar-refractivity contribution < 1.29 is 0 Å². The molecular formula is C15H16B. The largest absolute Gasteiger partial charge is 0.186 e. The Hall–Kier alpha value is -1.50. The molecule has 0 amide bonds. The fourth-order valence-electron chi connectivity index (χ4n) is 2.11. The molecule has 0 saturated carbocycles. The first kappa shape index (κ1) is 11.0. The highest BCUT2D eigenvalue weighted by Crippen LogP contribution is 2.22. The van der Waals surface area contributed by atoms with E-state index in [0.29, 0.717) is 0 Å². The number of rotatable bonds is 0. The van der Waals surface area contributed by atoms with E-state index in [1.54, 1.807) is 0 Å². The number of allylic oxidation sites excluding steroid dienone is 1. The molecule has 0 atom stereocenters. The van der Waals surface area contributed by atoms with Gasteiger partial charge in [0.25, 0.3) is 0 Å². The van der Waals surface area contributed by atoms with Crippen LogP contribution in [0.3, 0.4) is 0 Å². The van der Waals surface area contributed by atoms with Crippen molar-refractivity contribution in [2.45, 2.75) is 20.8 Å². The normalized spacial score (nSPS) is 12.3. The highest BCUT2D eigenvalue weighted by Gasteiger charge is 2.12. The molecule has 0 fully saturated rings. The Morgan fingerprint density at radius 3 is 2.50 bits per heavy atom. The lowest BCUT2D eigenvalue weighted by atomic mass is 9.67. The third-order valence-electron chi connectivity index (χ3n) is 2.76. The summed E-state index contributed by atoms with van der Waals surface area (Å²) >= 11 is 0. The number of hydrogen-bond acceptors (Lipinski definition) is 0. The van der Waals surface area contributed by atoms with Gasteiger partial charge in [0.1, 0.15) is 0 Å². The summed E-state index contributed by atoms with van der Waals surface area (Å²) in [5.41, 5.74) is 4.07. The zero-order valence-corrected chi connectivity index (χ0v) is 10.1. The molecule has 79 valence electrons. The minimum Gasteiger partial charge on any atom is -0.105 e. The molecule has 0 unspecified atom stereocenters. The summed E-state index contributed by atoms with van der Waals surface area (Å²) in [6.07, 6.45) is 2.26. The average molecular weight is 207 g/mol. The standard InChI is InChI=1S/C13H10B.C2H6/c1-9-8-12-11-5-3-2-4-10(11)6-7-13(12)14-9;1-2/h2-8H,1H3;1-2H3. The van der Waals surface area contributed by atoms with Gasteiger partial charge in [0.15, 0.2) is 7.28 Å². The monoisotopic (exact) mass is 207 g/mol. The second-order valence-electron chi connectivity index (χ2n) is 3.82. The van der Waals surface area contributed by atoms with Crippen molar-refractivity contribution in [3.63, 3.8) is 0 Å². The maximum atomic E-state index is 2.26. The number of fused-ring (bicyclic) bond motifs is 3. The highest BCUT2D eigenvalue weighted by atomic mass is 14.1. The summed E-state index contributed by atoms with van der Waals surface area (Å²) in [7, 11) is 2.24. The second kappa shape index (κ2) is 4.57. The molecule has 0 spiro atoms. The van der Waals surface area contributed by atoms with Crippen LogP contribution >= 0.6 is 0 Å². The van der Waals surface area contributed by atoms with Gasteiger partial charge >= 0.3 is 0 Å². The van der Waals surface area contributed by atoms with Crippen LogP contribution in [0, 0.1) is 0 Å². The van der Waals surface area contributed by atoms with Crippen LogP contribution in [0.1, 0.15) is 26.3 Å². The van der Waals surface area contributed by atoms with Crippen molar-refractivity contribution in [1.29, 1.82) is 0 Å². The topological polar surface area (TPSA) is 0 Å². The van der Waals surface area contributed by atoms with Crippen molar-refractivity contribution in [3.05, 3.63) is 47.4 Å². The van der Waals surface area contributed by atoms with Gasteiger partial charge in [-0.05, 0) is 16.3 Å². The zero-order chi connectivity index (χ0) is 11.5. The second-order valence-corrected chi connectivity index (χ2v) is 3.82. The van der Waals surface area contributed by atoms with E-state index in [-0.39, 0.29) is 0 Å². The lowest BCUT2D eigenvalue weighted by Gasteiger charge is -2.03. The quantitative estimate of drug-likeness (QED) is 0.579. The van der Waals surface area contributed by atoms with Gasteiger partial charge < -0.3 is 0 Å². The van der Waals surface area contributed by atoms with Crippen LogP contribution in [0.5, 0.6) is 0 Å². The minimum atomic E-state index is 1.32. The molecule has 1 aliphatic heterocycles. The van der Waals surface area contributed by atoms with Crippen LogP contribution < -0.4 is 5.46 Å². The van der Waals surface area contributed by atoms with E-state index in [0.717, 1.165) is 0 Å². The highest BCUT2D eigenvalue weighted by molar-refractivity contribution is 6.65. The molecule has 1 aliphatic rings. The Bertz CT molecular complexity index is 538. The fraction of sp³-hybridized carbons (Fsp3) is 0.200. The average Bonchev–Trinajstić information content (AvgIpc) is 2.72. The molecule has 1 heteroatoms. The first-order valence-corrected chi connectivity index (χ1v) is 5.89. The third kappa shape index (κ3) is 1.78. The Kier molecular flexibility index (Phi) is 3.14. The zero-order valence-electron chi connectivity index (χ0n) is 10.1. The number of benzene rings is 2. The van der Waals surface area contributed by atoms with Crippen molar-refractivity contribution >= 4 is 29.6 Å². The van der Waals surface area contributed by atoms with Gasteiger partial charge in [0, 0.05) is 0 Å². The van der Waals surface area contributed by atoms with Crippen molar-refractivity contribution in [3.8, 4) is 0 Å². The molecule has 1 radical (unpaired) electrons. The fourth-order valence-corrected chi connectivity index (χ4v) is 2.11. The van der Waals surface area contributed by atoms with Gasteiger partial charge in [-0.3, -0.25) is 0 Å². The van der Waals surface area contributed by atoms with E-state index in [4.69, 9.17) is 0 Å². The molecule has 2 aromatic carbocycles. The Morgan fingerprint density at radius 2 is 1.69 bits per heavy atom. The summed E-state index contributed by atoms with van der Waals surface area (Å²) in [6.45, 7) is 6.15. The molecule has 0 aromatic heterocycles. The predicted octanol–water partition coefficient (Wildman–Crippen LogP) is 3.57. The van der Waals surface area contributed by atoms with Crippen LogP contribution in [0.2, 0.25) is 0 Å². The molecule has 3 rings (SSSR count). The van der Waals surface area contributed by atoms with Crippen molar-refractivity contribution in [2.75, 3.05) is 0 Å². The Balaban J connectivity index is 0.000000457. The molecule has 0 bridgehead atoms. The smallest absolute Gasteiger partial charge is 0.105 e. The van der Waals surface area contributed by atoms with Gasteiger partial charge in [-0.1, -0.05) is 68.7 Å². The van der Waals surface area contributed by atoms with Crippen molar-refractivity contribution in [2.24, 2.45) is 0 Å². The molecule has 16 heavy (non-hydrogen) atoms. The van der Waals surface area contributed by atoms with E-state index < -0.39 is 0 Å². The maximum Gasteiger partial charge on any atom is 0.186 e. The van der Waals surface area contributed by atoms with Gasteiger partial charge in [0.2, 0.25) is 0 Å². The first-order valence-electron chi connectivity index (χ1n) is 5.89. The van der Waals surface area contributed by atoms with Crippen molar-refractivity contribution in [1.82, 2.24) is 0 Å². The molecular weight excluding hydrogens is 191 g/mol. The Morgan fingerprint density at radius 1 is 0.938 bits per heavy atom. The lowest BCUT2D eigenvalue weighted by molar-refractivity contribution is 1.50. The van der Waals surface area contributed by atoms with E-state index in [2.05, 4.69) is 56.7 Å². The molecule has 1 heterocycles. The molecule has 0 nitrogen and oxygen atoms in total. The van der Waals surface area contributed by atoms with Gasteiger partial charge in [-0.15, -0.1) is 5.47 Å². The minimum absolute atomic E-state index is 1.32. The van der Waals surface area contributed by atoms with E-state index >= 15 is 0 Å². The SMILES string of the molecule is CC.CC1=Cc2c(ccc3ccccc23)[B]1. The van der Waals surface area contributed by atoms with Crippen LogP contribution in [-0.4, -0.2) is 7.28 Å². The van der Waals surface area contributed by atoms with Gasteiger partial charge in [-0.2, -0.15) is 0 Å². The van der Waals surface area contributed by atoms with Gasteiger partial charge in [-0.25, -0.2) is 0 Å². The van der Waals surface area contributed by atoms with E-state index in [1.165, 1.54) is 27.3 Å². The van der Waals surface area contributed by atoms with Crippen LogP contribution in [-0.2, 0) is 0 Å². The lowest BCUT2D eigenvalue weighted by Crippen LogP contribution is -2.12. The molecule has 2 aromatic rings. The third-order valence-corrected chi connectivity index (χ3v) is 2.76.